The monoisotopic (exact) mass is 389 g/mol. The molecule has 0 bridgehead atoms. The van der Waals surface area contributed by atoms with Gasteiger partial charge < -0.3 is 5.32 Å². The van der Waals surface area contributed by atoms with Crippen LogP contribution in [0.3, 0.4) is 0 Å². The summed E-state index contributed by atoms with van der Waals surface area (Å²) in [5.41, 5.74) is 7.31. The van der Waals surface area contributed by atoms with Crippen molar-refractivity contribution in [3.63, 3.8) is 0 Å². The average Bonchev–Trinajstić information content (AvgIpc) is 3.19. The molecule has 1 aromatic carbocycles. The number of hydrazone groups is 1. The van der Waals surface area contributed by atoms with Crippen molar-refractivity contribution >= 4 is 29.0 Å². The first-order chi connectivity index (χ1) is 14.2. The Morgan fingerprint density at radius 1 is 1.03 bits per heavy atom. The Labute approximate surface area is 166 Å². The van der Waals surface area contributed by atoms with Gasteiger partial charge in [-0.2, -0.15) is 10.2 Å². The van der Waals surface area contributed by atoms with Gasteiger partial charge in [-0.05, 0) is 37.8 Å². The van der Waals surface area contributed by atoms with E-state index in [1.807, 2.05) is 34.9 Å². The van der Waals surface area contributed by atoms with Crippen molar-refractivity contribution in [3.8, 4) is 11.3 Å². The van der Waals surface area contributed by atoms with Crippen molar-refractivity contribution in [2.24, 2.45) is 5.10 Å². The lowest BCUT2D eigenvalue weighted by Crippen LogP contribution is -2.32. The molecule has 0 saturated carbocycles. The summed E-state index contributed by atoms with van der Waals surface area (Å²) < 4.78 is 2.04. The number of aryl methyl sites for hydroxylation is 2. The molecule has 0 saturated heterocycles. The van der Waals surface area contributed by atoms with Crippen LogP contribution in [-0.2, 0) is 22.4 Å². The lowest BCUT2D eigenvalue weighted by Gasteiger charge is -2.14. The molecule has 2 aromatic heterocycles. The van der Waals surface area contributed by atoms with Crippen molar-refractivity contribution in [2.75, 3.05) is 5.32 Å². The summed E-state index contributed by atoms with van der Waals surface area (Å²) in [5.74, 6) is 0.118. The normalized spacial score (nSPS) is 16.1. The SMILES string of the molecule is O=C1CCC(C(=O)Nc2ccc(-c3cn4c5c(nnc4n3)CCCC5)cc2)=NN1. The lowest BCUT2D eigenvalue weighted by molar-refractivity contribution is -0.121. The minimum absolute atomic E-state index is 0.177. The first kappa shape index (κ1) is 17.5. The van der Waals surface area contributed by atoms with Gasteiger partial charge >= 0.3 is 0 Å². The van der Waals surface area contributed by atoms with Gasteiger partial charge in [-0.1, -0.05) is 12.1 Å². The number of nitrogens with one attached hydrogen (secondary N) is 2. The number of hydrogen-bond donors (Lipinski definition) is 2. The number of amides is 2. The van der Waals surface area contributed by atoms with Crippen LogP contribution >= 0.6 is 0 Å². The summed E-state index contributed by atoms with van der Waals surface area (Å²) in [6.45, 7) is 0. The Hall–Kier alpha value is -3.62. The molecule has 2 N–H and O–H groups in total. The summed E-state index contributed by atoms with van der Waals surface area (Å²) in [4.78, 5) is 28.0. The number of imidazole rings is 1. The molecule has 1 aliphatic carbocycles. The second-order valence-corrected chi connectivity index (χ2v) is 7.22. The molecule has 3 heterocycles. The molecule has 0 unspecified atom stereocenters. The Kier molecular flexibility index (Phi) is 4.27. The maximum Gasteiger partial charge on any atom is 0.271 e. The number of carbonyl (C=O) groups is 2. The van der Waals surface area contributed by atoms with Crippen LogP contribution in [0.1, 0.15) is 37.1 Å². The van der Waals surface area contributed by atoms with Crippen LogP contribution in [0.2, 0.25) is 0 Å². The van der Waals surface area contributed by atoms with E-state index < -0.39 is 0 Å². The van der Waals surface area contributed by atoms with Crippen molar-refractivity contribution in [1.29, 1.82) is 0 Å². The van der Waals surface area contributed by atoms with Gasteiger partial charge in [0, 0.05) is 36.0 Å². The third-order valence-corrected chi connectivity index (χ3v) is 5.25. The largest absolute Gasteiger partial charge is 0.321 e. The summed E-state index contributed by atoms with van der Waals surface area (Å²) in [6.07, 6.45) is 6.88. The summed E-state index contributed by atoms with van der Waals surface area (Å²) in [7, 11) is 0. The lowest BCUT2D eigenvalue weighted by atomic mass is 10.0. The van der Waals surface area contributed by atoms with E-state index in [1.54, 1.807) is 0 Å². The molecule has 5 rings (SSSR count). The van der Waals surface area contributed by atoms with Gasteiger partial charge in [0.25, 0.3) is 11.7 Å². The van der Waals surface area contributed by atoms with Gasteiger partial charge in [-0.25, -0.2) is 10.4 Å². The van der Waals surface area contributed by atoms with Crippen LogP contribution in [0.4, 0.5) is 5.69 Å². The van der Waals surface area contributed by atoms with Crippen LogP contribution in [0, 0.1) is 0 Å². The van der Waals surface area contributed by atoms with Gasteiger partial charge in [0.15, 0.2) is 0 Å². The topological polar surface area (TPSA) is 114 Å². The fraction of sp³-hybridized carbons (Fsp3) is 0.300. The fourth-order valence-corrected chi connectivity index (χ4v) is 3.69. The third-order valence-electron chi connectivity index (χ3n) is 5.25. The number of benzene rings is 1. The first-order valence-electron chi connectivity index (χ1n) is 9.68. The maximum atomic E-state index is 12.3. The van der Waals surface area contributed by atoms with E-state index in [4.69, 9.17) is 0 Å². The molecule has 1 aliphatic heterocycles. The Morgan fingerprint density at radius 2 is 1.86 bits per heavy atom. The van der Waals surface area contributed by atoms with E-state index in [-0.39, 0.29) is 18.2 Å². The van der Waals surface area contributed by atoms with E-state index in [0.717, 1.165) is 42.6 Å². The van der Waals surface area contributed by atoms with Gasteiger partial charge in [0.05, 0.1) is 11.4 Å². The summed E-state index contributed by atoms with van der Waals surface area (Å²) in [5, 5.41) is 15.2. The van der Waals surface area contributed by atoms with Gasteiger partial charge in [-0.15, -0.1) is 5.10 Å². The predicted octanol–water partition coefficient (Wildman–Crippen LogP) is 1.87. The average molecular weight is 389 g/mol. The number of nitrogens with zero attached hydrogens (tertiary/aromatic N) is 5. The number of anilines is 1. The summed E-state index contributed by atoms with van der Waals surface area (Å²) >= 11 is 0. The van der Waals surface area contributed by atoms with E-state index in [9.17, 15) is 9.59 Å². The first-order valence-corrected chi connectivity index (χ1v) is 9.68. The number of carbonyl (C=O) groups excluding carboxylic acids is 2. The zero-order chi connectivity index (χ0) is 19.8. The highest BCUT2D eigenvalue weighted by Crippen LogP contribution is 2.24. The molecule has 2 aliphatic rings. The highest BCUT2D eigenvalue weighted by atomic mass is 16.2. The molecule has 2 amide bonds. The standard InChI is InChI=1S/C20H19N7O2/c28-18-10-9-15(24-25-18)19(29)21-13-7-5-12(6-8-13)16-11-27-17-4-2-1-3-14(17)23-26-20(27)22-16/h5-8,11H,1-4,9-10H2,(H,21,29)(H,25,28). The molecule has 0 spiro atoms. The van der Waals surface area contributed by atoms with Crippen molar-refractivity contribution in [2.45, 2.75) is 38.5 Å². The maximum absolute atomic E-state index is 12.3. The highest BCUT2D eigenvalue weighted by molar-refractivity contribution is 6.43. The quantitative estimate of drug-likeness (QED) is 0.710. The Morgan fingerprint density at radius 3 is 2.66 bits per heavy atom. The van der Waals surface area contributed by atoms with E-state index >= 15 is 0 Å². The van der Waals surface area contributed by atoms with Gasteiger partial charge in [0.1, 0.15) is 5.71 Å². The number of fused-ring (bicyclic) bond motifs is 3. The molecular weight excluding hydrogens is 370 g/mol. The predicted molar refractivity (Wildman–Crippen MR) is 106 cm³/mol. The van der Waals surface area contributed by atoms with E-state index in [0.29, 0.717) is 23.6 Å². The third kappa shape index (κ3) is 3.35. The molecule has 0 fully saturated rings. The molecular formula is C20H19N7O2. The van der Waals surface area contributed by atoms with Gasteiger partial charge in [0.2, 0.25) is 5.91 Å². The minimum atomic E-state index is -0.313. The highest BCUT2D eigenvalue weighted by Gasteiger charge is 2.19. The molecule has 9 heteroatoms. The van der Waals surface area contributed by atoms with Crippen LogP contribution in [0.25, 0.3) is 17.0 Å². The van der Waals surface area contributed by atoms with Crippen LogP contribution in [0.5, 0.6) is 0 Å². The molecule has 9 nitrogen and oxygen atoms in total. The smallest absolute Gasteiger partial charge is 0.271 e. The number of aromatic nitrogens is 4. The van der Waals surface area contributed by atoms with Crippen LogP contribution in [-0.4, -0.2) is 37.1 Å². The molecule has 3 aromatic rings. The van der Waals surface area contributed by atoms with Crippen molar-refractivity contribution < 1.29 is 9.59 Å². The molecule has 0 radical (unpaired) electrons. The zero-order valence-corrected chi connectivity index (χ0v) is 15.7. The van der Waals surface area contributed by atoms with Crippen molar-refractivity contribution in [3.05, 3.63) is 41.9 Å². The minimum Gasteiger partial charge on any atom is -0.321 e. The Balaban J connectivity index is 1.36. The summed E-state index contributed by atoms with van der Waals surface area (Å²) in [6, 6.07) is 7.45. The van der Waals surface area contributed by atoms with E-state index in [2.05, 4.69) is 31.0 Å². The second-order valence-electron chi connectivity index (χ2n) is 7.22. The van der Waals surface area contributed by atoms with E-state index in [1.165, 1.54) is 5.69 Å². The zero-order valence-electron chi connectivity index (χ0n) is 15.7. The van der Waals surface area contributed by atoms with Crippen LogP contribution < -0.4 is 10.7 Å². The number of rotatable bonds is 3. The number of hydrogen-bond acceptors (Lipinski definition) is 6. The van der Waals surface area contributed by atoms with Gasteiger partial charge in [-0.3, -0.25) is 14.0 Å². The second kappa shape index (κ2) is 7.08. The molecule has 0 atom stereocenters. The van der Waals surface area contributed by atoms with Crippen molar-refractivity contribution in [1.82, 2.24) is 25.0 Å². The Bertz CT molecular complexity index is 1150. The fourth-order valence-electron chi connectivity index (χ4n) is 3.69. The molecule has 29 heavy (non-hydrogen) atoms. The van der Waals surface area contributed by atoms with Crippen LogP contribution in [0.15, 0.2) is 35.6 Å². The molecule has 146 valence electrons.